The second kappa shape index (κ2) is 6.49. The Labute approximate surface area is 109 Å². The van der Waals surface area contributed by atoms with Gasteiger partial charge in [0.15, 0.2) is 5.01 Å². The Morgan fingerprint density at radius 1 is 1.39 bits per heavy atom. The van der Waals surface area contributed by atoms with Gasteiger partial charge in [-0.1, -0.05) is 13.8 Å². The van der Waals surface area contributed by atoms with Crippen molar-refractivity contribution in [3.8, 4) is 0 Å². The van der Waals surface area contributed by atoms with E-state index in [-0.39, 0.29) is 6.04 Å². The van der Waals surface area contributed by atoms with Crippen molar-refractivity contribution in [3.63, 3.8) is 0 Å². The van der Waals surface area contributed by atoms with Crippen LogP contribution in [-0.2, 0) is 6.18 Å². The summed E-state index contributed by atoms with van der Waals surface area (Å²) in [7, 11) is 0. The summed E-state index contributed by atoms with van der Waals surface area (Å²) in [5.74, 6) is 0. The molecule has 1 aromatic rings. The van der Waals surface area contributed by atoms with Crippen molar-refractivity contribution < 1.29 is 13.2 Å². The molecule has 1 aromatic heterocycles. The molecule has 0 saturated heterocycles. The van der Waals surface area contributed by atoms with Gasteiger partial charge in [-0.15, -0.1) is 11.3 Å². The number of hydrogen-bond acceptors (Lipinski definition) is 4. The first-order valence-corrected chi connectivity index (χ1v) is 6.71. The number of nitrogens with zero attached hydrogens (tertiary/aromatic N) is 2. The molecule has 0 aliphatic rings. The molecule has 0 fully saturated rings. The predicted octanol–water partition coefficient (Wildman–Crippen LogP) is 2.89. The van der Waals surface area contributed by atoms with Crippen molar-refractivity contribution >= 4 is 11.3 Å². The summed E-state index contributed by atoms with van der Waals surface area (Å²) >= 11 is 0.635. The topological polar surface area (TPSA) is 42.1 Å². The first-order valence-electron chi connectivity index (χ1n) is 5.89. The minimum Gasteiger partial charge on any atom is -0.323 e. The molecule has 0 aromatic carbocycles. The Morgan fingerprint density at radius 3 is 2.44 bits per heavy atom. The summed E-state index contributed by atoms with van der Waals surface area (Å²) in [6.45, 7) is 6.71. The van der Waals surface area contributed by atoms with Gasteiger partial charge in [0, 0.05) is 17.1 Å². The highest BCUT2D eigenvalue weighted by atomic mass is 32.1. The molecular formula is C11H18F3N3S. The van der Waals surface area contributed by atoms with E-state index in [4.69, 9.17) is 5.73 Å². The van der Waals surface area contributed by atoms with Gasteiger partial charge in [0.1, 0.15) is 0 Å². The van der Waals surface area contributed by atoms with Gasteiger partial charge in [-0.2, -0.15) is 13.2 Å². The van der Waals surface area contributed by atoms with Crippen LogP contribution in [0.25, 0.3) is 0 Å². The third-order valence-electron chi connectivity index (χ3n) is 2.78. The van der Waals surface area contributed by atoms with Gasteiger partial charge in [-0.3, -0.25) is 0 Å². The lowest BCUT2D eigenvalue weighted by Crippen LogP contribution is -2.26. The lowest BCUT2D eigenvalue weighted by molar-refractivity contribution is -0.137. The van der Waals surface area contributed by atoms with Gasteiger partial charge >= 0.3 is 6.18 Å². The fraction of sp³-hybridized carbons (Fsp3) is 0.727. The molecule has 0 aliphatic carbocycles. The van der Waals surface area contributed by atoms with Gasteiger partial charge in [-0.25, -0.2) is 4.98 Å². The van der Waals surface area contributed by atoms with E-state index in [0.29, 0.717) is 22.6 Å². The first kappa shape index (κ1) is 15.4. The average Bonchev–Trinajstić information content (AvgIpc) is 2.79. The monoisotopic (exact) mass is 281 g/mol. The Kier molecular flexibility index (Phi) is 5.55. The summed E-state index contributed by atoms with van der Waals surface area (Å²) in [5, 5.41) is -0.823. The summed E-state index contributed by atoms with van der Waals surface area (Å²) in [6, 6.07) is -0.376. The lowest BCUT2D eigenvalue weighted by Gasteiger charge is -2.19. The summed E-state index contributed by atoms with van der Waals surface area (Å²) in [4.78, 5) is 6.06. The summed E-state index contributed by atoms with van der Waals surface area (Å²) < 4.78 is 37.2. The van der Waals surface area contributed by atoms with Gasteiger partial charge in [0.05, 0.1) is 0 Å². The SMILES string of the molecule is CCN(CC)CCC(N)c1cnc(C(F)(F)F)s1. The molecule has 7 heteroatoms. The van der Waals surface area contributed by atoms with E-state index in [2.05, 4.69) is 9.88 Å². The Bertz CT molecular complexity index is 361. The number of alkyl halides is 3. The minimum atomic E-state index is -4.37. The number of thiazole rings is 1. The third-order valence-corrected chi connectivity index (χ3v) is 3.96. The number of rotatable bonds is 6. The summed E-state index contributed by atoms with van der Waals surface area (Å²) in [6.07, 6.45) is -2.50. The fourth-order valence-corrected chi connectivity index (χ4v) is 2.41. The highest BCUT2D eigenvalue weighted by Gasteiger charge is 2.35. The van der Waals surface area contributed by atoms with Crippen molar-refractivity contribution in [2.24, 2.45) is 5.73 Å². The quantitative estimate of drug-likeness (QED) is 0.871. The molecule has 2 N–H and O–H groups in total. The number of nitrogens with two attached hydrogens (primary N) is 1. The van der Waals surface area contributed by atoms with Crippen LogP contribution < -0.4 is 5.73 Å². The molecule has 0 aliphatic heterocycles. The van der Waals surface area contributed by atoms with Crippen LogP contribution in [0, 0.1) is 0 Å². The molecule has 0 amide bonds. The standard InChI is InChI=1S/C11H18F3N3S/c1-3-17(4-2)6-5-8(15)9-7-16-10(18-9)11(12,13)14/h7-8H,3-6,15H2,1-2H3. The normalized spacial score (nSPS) is 14.2. The molecule has 0 radical (unpaired) electrons. The number of halogens is 3. The molecule has 1 atom stereocenters. The van der Waals surface area contributed by atoms with Crippen LogP contribution in [0.2, 0.25) is 0 Å². The molecule has 18 heavy (non-hydrogen) atoms. The van der Waals surface area contributed by atoms with Gasteiger partial charge in [0.2, 0.25) is 0 Å². The van der Waals surface area contributed by atoms with Crippen molar-refractivity contribution in [1.29, 1.82) is 0 Å². The Hall–Kier alpha value is -0.660. The zero-order valence-electron chi connectivity index (χ0n) is 10.5. The van der Waals surface area contributed by atoms with Crippen molar-refractivity contribution in [3.05, 3.63) is 16.1 Å². The highest BCUT2D eigenvalue weighted by molar-refractivity contribution is 7.11. The van der Waals surface area contributed by atoms with Crippen LogP contribution in [0.1, 0.15) is 36.2 Å². The Morgan fingerprint density at radius 2 is 2.00 bits per heavy atom. The molecule has 1 heterocycles. The first-order chi connectivity index (χ1) is 8.38. The van der Waals surface area contributed by atoms with Crippen molar-refractivity contribution in [1.82, 2.24) is 9.88 Å². The molecule has 1 unspecified atom stereocenters. The second-order valence-electron chi connectivity index (χ2n) is 3.99. The molecule has 0 saturated carbocycles. The van der Waals surface area contributed by atoms with Gasteiger partial charge < -0.3 is 10.6 Å². The van der Waals surface area contributed by atoms with Crippen LogP contribution in [0.5, 0.6) is 0 Å². The van der Waals surface area contributed by atoms with Crippen LogP contribution in [0.15, 0.2) is 6.20 Å². The van der Waals surface area contributed by atoms with Gasteiger partial charge in [-0.05, 0) is 26.1 Å². The fourth-order valence-electron chi connectivity index (χ4n) is 1.59. The Balaban J connectivity index is 2.57. The van der Waals surface area contributed by atoms with E-state index < -0.39 is 11.2 Å². The largest absolute Gasteiger partial charge is 0.443 e. The van der Waals surface area contributed by atoms with E-state index in [0.717, 1.165) is 19.6 Å². The van der Waals surface area contributed by atoms with Crippen LogP contribution in [-0.4, -0.2) is 29.5 Å². The maximum Gasteiger partial charge on any atom is 0.443 e. The van der Waals surface area contributed by atoms with Crippen LogP contribution >= 0.6 is 11.3 Å². The van der Waals surface area contributed by atoms with E-state index in [1.54, 1.807) is 0 Å². The summed E-state index contributed by atoms with van der Waals surface area (Å²) in [5.41, 5.74) is 5.89. The third kappa shape index (κ3) is 4.22. The van der Waals surface area contributed by atoms with Crippen LogP contribution in [0.3, 0.4) is 0 Å². The average molecular weight is 281 g/mol. The smallest absolute Gasteiger partial charge is 0.323 e. The molecule has 1 rings (SSSR count). The number of hydrogen-bond donors (Lipinski definition) is 1. The molecule has 0 spiro atoms. The zero-order chi connectivity index (χ0) is 13.8. The highest BCUT2D eigenvalue weighted by Crippen LogP contribution is 2.34. The molecular weight excluding hydrogens is 263 g/mol. The van der Waals surface area contributed by atoms with Crippen molar-refractivity contribution in [2.45, 2.75) is 32.5 Å². The molecule has 0 bridgehead atoms. The predicted molar refractivity (Wildman–Crippen MR) is 66.4 cm³/mol. The maximum atomic E-state index is 12.4. The minimum absolute atomic E-state index is 0.376. The van der Waals surface area contributed by atoms with E-state index in [1.165, 1.54) is 6.20 Å². The lowest BCUT2D eigenvalue weighted by atomic mass is 10.2. The van der Waals surface area contributed by atoms with Crippen molar-refractivity contribution in [2.75, 3.05) is 19.6 Å². The molecule has 3 nitrogen and oxygen atoms in total. The van der Waals surface area contributed by atoms with E-state index in [1.807, 2.05) is 13.8 Å². The van der Waals surface area contributed by atoms with Gasteiger partial charge in [0.25, 0.3) is 0 Å². The van der Waals surface area contributed by atoms with Crippen LogP contribution in [0.4, 0.5) is 13.2 Å². The molecule has 104 valence electrons. The van der Waals surface area contributed by atoms with E-state index in [9.17, 15) is 13.2 Å². The zero-order valence-corrected chi connectivity index (χ0v) is 11.3. The second-order valence-corrected chi connectivity index (χ2v) is 5.05. The number of aromatic nitrogens is 1. The van der Waals surface area contributed by atoms with E-state index >= 15 is 0 Å². The maximum absolute atomic E-state index is 12.4.